The van der Waals surface area contributed by atoms with Crippen molar-refractivity contribution in [3.8, 4) is 17.4 Å². The van der Waals surface area contributed by atoms with Crippen molar-refractivity contribution in [2.75, 3.05) is 57.6 Å². The molecule has 3 aromatic rings. The van der Waals surface area contributed by atoms with Gasteiger partial charge in [-0.25, -0.2) is 4.98 Å². The van der Waals surface area contributed by atoms with Gasteiger partial charge in [0.05, 0.1) is 18.4 Å². The Kier molecular flexibility index (Phi) is 6.68. The Hall–Kier alpha value is -4.06. The number of carbonyl (C=O) groups is 1. The van der Waals surface area contributed by atoms with Gasteiger partial charge in [0.1, 0.15) is 17.1 Å². The highest BCUT2D eigenvalue weighted by Gasteiger charge is 2.44. The van der Waals surface area contributed by atoms with E-state index in [1.165, 1.54) is 30.9 Å². The minimum atomic E-state index is -4.77. The number of fused-ring (bicyclic) bond motifs is 1. The highest BCUT2D eigenvalue weighted by Crippen LogP contribution is 2.44. The monoisotopic (exact) mass is 568 g/mol. The summed E-state index contributed by atoms with van der Waals surface area (Å²) >= 11 is 0. The number of amides is 1. The fourth-order valence-corrected chi connectivity index (χ4v) is 5.81. The molecule has 0 saturated carbocycles. The number of benzene rings is 2. The lowest BCUT2D eigenvalue weighted by atomic mass is 9.72. The molecule has 41 heavy (non-hydrogen) atoms. The number of nitrogens with one attached hydrogen (secondary N) is 1. The smallest absolute Gasteiger partial charge is 0.423 e. The molecular formula is C29H31F3N6O3. The average Bonchev–Trinajstić information content (AvgIpc) is 3.21. The molecule has 2 fully saturated rings. The van der Waals surface area contributed by atoms with E-state index in [9.17, 15) is 18.0 Å². The van der Waals surface area contributed by atoms with Crippen LogP contribution in [0.25, 0.3) is 0 Å². The maximum Gasteiger partial charge on any atom is 0.423 e. The van der Waals surface area contributed by atoms with Crippen LogP contribution in [0.3, 0.4) is 0 Å². The number of hydrogen-bond donors (Lipinski definition) is 1. The first-order chi connectivity index (χ1) is 19.5. The molecule has 3 aliphatic rings. The summed E-state index contributed by atoms with van der Waals surface area (Å²) < 4.78 is 52.9. The number of likely N-dealkylation sites (tertiary alicyclic amines) is 1. The van der Waals surface area contributed by atoms with Crippen LogP contribution in [0.5, 0.6) is 17.4 Å². The molecule has 0 bridgehead atoms. The van der Waals surface area contributed by atoms with Crippen LogP contribution in [0.2, 0.25) is 0 Å². The van der Waals surface area contributed by atoms with Crippen LogP contribution in [0.4, 0.5) is 30.5 Å². The first-order valence-electron chi connectivity index (χ1n) is 13.4. The molecule has 0 unspecified atom stereocenters. The number of alkyl halides is 3. The number of rotatable bonds is 6. The summed E-state index contributed by atoms with van der Waals surface area (Å²) in [6, 6.07) is 10.5. The van der Waals surface area contributed by atoms with Crippen molar-refractivity contribution in [1.29, 1.82) is 0 Å². The van der Waals surface area contributed by atoms with Crippen LogP contribution in [0.15, 0.2) is 42.6 Å². The van der Waals surface area contributed by atoms with Crippen LogP contribution in [-0.4, -0.2) is 73.1 Å². The van der Waals surface area contributed by atoms with E-state index in [4.69, 9.17) is 9.47 Å². The normalized spacial score (nSPS) is 18.3. The number of piperidine rings is 1. The summed E-state index contributed by atoms with van der Waals surface area (Å²) in [4.78, 5) is 26.7. The maximum absolute atomic E-state index is 13.9. The predicted octanol–water partition coefficient (Wildman–Crippen LogP) is 5.16. The molecule has 1 N–H and O–H groups in total. The molecule has 12 heteroatoms. The van der Waals surface area contributed by atoms with Crippen LogP contribution >= 0.6 is 0 Å². The Morgan fingerprint density at radius 1 is 1.05 bits per heavy atom. The number of nitrogens with zero attached hydrogens (tertiary/aromatic N) is 5. The van der Waals surface area contributed by atoms with E-state index in [0.29, 0.717) is 35.2 Å². The summed E-state index contributed by atoms with van der Waals surface area (Å²) in [5.41, 5.74) is 1.62. The van der Waals surface area contributed by atoms with E-state index in [0.717, 1.165) is 31.9 Å². The lowest BCUT2D eigenvalue weighted by Crippen LogP contribution is -2.60. The van der Waals surface area contributed by atoms with E-state index in [-0.39, 0.29) is 23.2 Å². The minimum absolute atomic E-state index is 0.00543. The Bertz CT molecular complexity index is 1480. The Morgan fingerprint density at radius 3 is 2.51 bits per heavy atom. The maximum atomic E-state index is 13.9. The highest BCUT2D eigenvalue weighted by atomic mass is 19.4. The van der Waals surface area contributed by atoms with Gasteiger partial charge in [-0.15, -0.1) is 0 Å². The topological polar surface area (TPSA) is 83.1 Å². The predicted molar refractivity (Wildman–Crippen MR) is 147 cm³/mol. The Labute approximate surface area is 235 Å². The van der Waals surface area contributed by atoms with Crippen molar-refractivity contribution >= 4 is 23.2 Å². The molecule has 6 rings (SSSR count). The van der Waals surface area contributed by atoms with Gasteiger partial charge in [-0.05, 0) is 56.7 Å². The molecule has 2 saturated heterocycles. The van der Waals surface area contributed by atoms with Crippen molar-refractivity contribution in [3.05, 3.63) is 59.3 Å². The first-order valence-corrected chi connectivity index (χ1v) is 13.4. The van der Waals surface area contributed by atoms with E-state index in [1.807, 2.05) is 12.1 Å². The summed E-state index contributed by atoms with van der Waals surface area (Å²) in [7, 11) is 5.31. The second-order valence-corrected chi connectivity index (χ2v) is 11.1. The number of ether oxygens (including phenoxy) is 2. The van der Waals surface area contributed by atoms with E-state index in [2.05, 4.69) is 32.1 Å². The zero-order valence-corrected chi connectivity index (χ0v) is 23.1. The number of carbonyl (C=O) groups excluding carboxylic acids is 1. The number of methoxy groups -OCH3 is 1. The van der Waals surface area contributed by atoms with Gasteiger partial charge in [0.15, 0.2) is 0 Å². The quantitative estimate of drug-likeness (QED) is 0.437. The van der Waals surface area contributed by atoms with Gasteiger partial charge in [-0.2, -0.15) is 18.2 Å². The average molecular weight is 569 g/mol. The molecule has 0 aliphatic carbocycles. The van der Waals surface area contributed by atoms with Gasteiger partial charge < -0.3 is 29.5 Å². The fourth-order valence-electron chi connectivity index (χ4n) is 5.81. The minimum Gasteiger partial charge on any atom is -0.494 e. The molecular weight excluding hydrogens is 537 g/mol. The molecule has 3 aliphatic heterocycles. The van der Waals surface area contributed by atoms with Crippen LogP contribution in [-0.2, 0) is 12.7 Å². The zero-order chi connectivity index (χ0) is 28.9. The third-order valence-electron chi connectivity index (χ3n) is 8.24. The lowest BCUT2D eigenvalue weighted by molar-refractivity contribution is -0.139. The molecule has 216 valence electrons. The zero-order valence-electron chi connectivity index (χ0n) is 23.1. The van der Waals surface area contributed by atoms with Gasteiger partial charge in [0.2, 0.25) is 11.8 Å². The summed E-state index contributed by atoms with van der Waals surface area (Å²) in [6.45, 7) is 4.54. The largest absolute Gasteiger partial charge is 0.494 e. The summed E-state index contributed by atoms with van der Waals surface area (Å²) in [5, 5.41) is 2.97. The molecule has 1 amide bonds. The standard InChI is InChI=1S/C29H31F3N6O3/c1-36-11-9-28(10-12-36)16-38(17-28)19-7-8-21(23(13-19)40-3)34-27-33-14-20(29(30,31)32)25(35-27)41-22-6-4-5-18-15-37(2)26(39)24(18)22/h4-8,13-14H,9-12,15-17H2,1-3H3,(H,33,34,35). The van der Waals surface area contributed by atoms with Crippen molar-refractivity contribution < 1.29 is 27.4 Å². The molecule has 9 nitrogen and oxygen atoms in total. The van der Waals surface area contributed by atoms with Gasteiger partial charge in [-0.1, -0.05) is 12.1 Å². The number of halogens is 3. The van der Waals surface area contributed by atoms with E-state index in [1.54, 1.807) is 25.2 Å². The van der Waals surface area contributed by atoms with Crippen molar-refractivity contribution in [2.45, 2.75) is 25.6 Å². The van der Waals surface area contributed by atoms with Crippen LogP contribution < -0.4 is 19.7 Å². The lowest BCUT2D eigenvalue weighted by Gasteiger charge is -2.54. The van der Waals surface area contributed by atoms with Crippen molar-refractivity contribution in [2.24, 2.45) is 5.41 Å². The number of anilines is 3. The molecule has 0 atom stereocenters. The third-order valence-corrected chi connectivity index (χ3v) is 8.24. The van der Waals surface area contributed by atoms with Gasteiger partial charge in [0.25, 0.3) is 5.91 Å². The summed E-state index contributed by atoms with van der Waals surface area (Å²) in [5.74, 6) is -0.627. The second-order valence-electron chi connectivity index (χ2n) is 11.1. The second kappa shape index (κ2) is 10.1. The van der Waals surface area contributed by atoms with E-state index < -0.39 is 17.6 Å². The molecule has 4 heterocycles. The van der Waals surface area contributed by atoms with Crippen LogP contribution in [0, 0.1) is 5.41 Å². The molecule has 1 spiro atoms. The number of hydrogen-bond acceptors (Lipinski definition) is 8. The molecule has 2 aromatic carbocycles. The third kappa shape index (κ3) is 5.12. The van der Waals surface area contributed by atoms with Gasteiger partial charge in [0, 0.05) is 50.0 Å². The van der Waals surface area contributed by atoms with Gasteiger partial charge in [-0.3, -0.25) is 4.79 Å². The fraction of sp³-hybridized carbons (Fsp3) is 0.414. The first kappa shape index (κ1) is 27.1. The summed E-state index contributed by atoms with van der Waals surface area (Å²) in [6.07, 6.45) is -1.73. The van der Waals surface area contributed by atoms with E-state index >= 15 is 0 Å². The van der Waals surface area contributed by atoms with Crippen LogP contribution in [0.1, 0.15) is 34.3 Å². The molecule has 1 aromatic heterocycles. The van der Waals surface area contributed by atoms with Crippen molar-refractivity contribution in [3.63, 3.8) is 0 Å². The Morgan fingerprint density at radius 2 is 1.80 bits per heavy atom. The highest BCUT2D eigenvalue weighted by molar-refractivity contribution is 6.00. The van der Waals surface area contributed by atoms with Crippen molar-refractivity contribution in [1.82, 2.24) is 19.8 Å². The number of aromatic nitrogens is 2. The molecule has 0 radical (unpaired) electrons. The van der Waals surface area contributed by atoms with Gasteiger partial charge >= 0.3 is 6.18 Å². The Balaban J connectivity index is 1.24. The SMILES string of the molecule is COc1cc(N2CC3(CCN(C)CC3)C2)ccc1Nc1ncc(C(F)(F)F)c(Oc2cccc3c2C(=O)N(C)C3)n1.